The highest BCUT2D eigenvalue weighted by molar-refractivity contribution is 7.90. The lowest BCUT2D eigenvalue weighted by Crippen LogP contribution is -2.11. The van der Waals surface area contributed by atoms with E-state index in [2.05, 4.69) is 10.2 Å². The van der Waals surface area contributed by atoms with Gasteiger partial charge in [0.15, 0.2) is 9.84 Å². The monoisotopic (exact) mass is 307 g/mol. The Kier molecular flexibility index (Phi) is 4.18. The van der Waals surface area contributed by atoms with E-state index in [9.17, 15) is 8.42 Å². The Hall–Kier alpha value is -1.69. The number of sulfone groups is 1. The smallest absolute Gasteiger partial charge is 0.185 e. The van der Waals surface area contributed by atoms with Crippen molar-refractivity contribution in [3.05, 3.63) is 41.0 Å². The summed E-state index contributed by atoms with van der Waals surface area (Å²) in [6.07, 6.45) is 0. The van der Waals surface area contributed by atoms with Crippen molar-refractivity contribution in [3.8, 4) is 0 Å². The summed E-state index contributed by atoms with van der Waals surface area (Å²) in [6, 6.07) is 5.19. The van der Waals surface area contributed by atoms with Gasteiger partial charge in [-0.2, -0.15) is 0 Å². The topological polar surface area (TPSA) is 64.8 Å². The zero-order valence-electron chi connectivity index (χ0n) is 13.1. The van der Waals surface area contributed by atoms with Crippen LogP contribution in [0, 0.1) is 13.8 Å². The predicted molar refractivity (Wildman–Crippen MR) is 81.9 cm³/mol. The van der Waals surface area contributed by atoms with E-state index < -0.39 is 9.84 Å². The molecule has 2 aromatic rings. The quantitative estimate of drug-likeness (QED) is 0.870. The van der Waals surface area contributed by atoms with Gasteiger partial charge in [-0.25, -0.2) is 8.42 Å². The molecule has 0 fully saturated rings. The second-order valence-electron chi connectivity index (χ2n) is 5.69. The van der Waals surface area contributed by atoms with Crippen LogP contribution in [0.3, 0.4) is 0 Å². The number of hydrogen-bond acceptors (Lipinski definition) is 4. The van der Waals surface area contributed by atoms with Crippen LogP contribution in [0.15, 0.2) is 23.1 Å². The lowest BCUT2D eigenvalue weighted by atomic mass is 10.1. The van der Waals surface area contributed by atoms with Gasteiger partial charge in [0.25, 0.3) is 0 Å². The van der Waals surface area contributed by atoms with E-state index in [1.165, 1.54) is 0 Å². The molecular formula is C15H21N3O2S. The minimum Gasteiger partial charge on any atom is -0.317 e. The number of nitrogens with zero attached hydrogens (tertiary/aromatic N) is 3. The number of benzene rings is 1. The van der Waals surface area contributed by atoms with Gasteiger partial charge in [0.2, 0.25) is 0 Å². The summed E-state index contributed by atoms with van der Waals surface area (Å²) in [5, 5.41) is 8.09. The van der Waals surface area contributed by atoms with Crippen LogP contribution in [0.5, 0.6) is 0 Å². The highest BCUT2D eigenvalue weighted by atomic mass is 32.2. The van der Waals surface area contributed by atoms with Gasteiger partial charge in [-0.1, -0.05) is 19.9 Å². The number of hydrogen-bond donors (Lipinski definition) is 0. The molecule has 114 valence electrons. The Labute approximate surface area is 125 Å². The van der Waals surface area contributed by atoms with Crippen molar-refractivity contribution in [2.24, 2.45) is 7.05 Å². The second kappa shape index (κ2) is 5.60. The SMILES string of the molecule is Cc1ccc(S(=O)(=O)Cc2nnc(C(C)C)n2C)cc1C. The molecule has 0 unspecified atom stereocenters. The third kappa shape index (κ3) is 3.15. The van der Waals surface area contributed by atoms with E-state index in [-0.39, 0.29) is 11.7 Å². The van der Waals surface area contributed by atoms with Crippen molar-refractivity contribution in [1.82, 2.24) is 14.8 Å². The molecule has 0 aliphatic heterocycles. The number of aromatic nitrogens is 3. The zero-order valence-corrected chi connectivity index (χ0v) is 13.9. The maximum Gasteiger partial charge on any atom is 0.185 e. The molecule has 0 bridgehead atoms. The molecule has 0 N–H and O–H groups in total. The van der Waals surface area contributed by atoms with E-state index in [0.29, 0.717) is 10.7 Å². The van der Waals surface area contributed by atoms with Crippen molar-refractivity contribution in [3.63, 3.8) is 0 Å². The Balaban J connectivity index is 2.35. The second-order valence-corrected chi connectivity index (χ2v) is 7.68. The van der Waals surface area contributed by atoms with Gasteiger partial charge in [-0.3, -0.25) is 0 Å². The summed E-state index contributed by atoms with van der Waals surface area (Å²) >= 11 is 0. The van der Waals surface area contributed by atoms with Crippen LogP contribution in [-0.4, -0.2) is 23.2 Å². The average Bonchev–Trinajstić information content (AvgIpc) is 2.74. The van der Waals surface area contributed by atoms with Crippen LogP contribution in [0.1, 0.15) is 42.5 Å². The van der Waals surface area contributed by atoms with Gasteiger partial charge in [0.05, 0.1) is 4.90 Å². The van der Waals surface area contributed by atoms with Crippen molar-refractivity contribution in [1.29, 1.82) is 0 Å². The molecule has 21 heavy (non-hydrogen) atoms. The fourth-order valence-electron chi connectivity index (χ4n) is 2.16. The highest BCUT2D eigenvalue weighted by Crippen LogP contribution is 2.20. The minimum atomic E-state index is -3.41. The fourth-order valence-corrected chi connectivity index (χ4v) is 3.55. The van der Waals surface area contributed by atoms with E-state index in [1.807, 2.05) is 33.8 Å². The number of aryl methyl sites for hydroxylation is 2. The summed E-state index contributed by atoms with van der Waals surface area (Å²) in [5.41, 5.74) is 2.05. The molecule has 0 spiro atoms. The Morgan fingerprint density at radius 2 is 1.81 bits per heavy atom. The van der Waals surface area contributed by atoms with Gasteiger partial charge in [0.1, 0.15) is 17.4 Å². The molecule has 1 aromatic carbocycles. The Morgan fingerprint density at radius 3 is 2.33 bits per heavy atom. The standard InChI is InChI=1S/C15H21N3O2S/c1-10(2)15-17-16-14(18(15)5)9-21(19,20)13-7-6-11(3)12(4)8-13/h6-8,10H,9H2,1-5H3. The van der Waals surface area contributed by atoms with Crippen molar-refractivity contribution >= 4 is 9.84 Å². The molecule has 1 heterocycles. The van der Waals surface area contributed by atoms with E-state index in [0.717, 1.165) is 17.0 Å². The molecule has 5 nitrogen and oxygen atoms in total. The molecule has 6 heteroatoms. The van der Waals surface area contributed by atoms with Crippen LogP contribution < -0.4 is 0 Å². The summed E-state index contributed by atoms with van der Waals surface area (Å²) < 4.78 is 26.8. The van der Waals surface area contributed by atoms with Crippen LogP contribution in [0.4, 0.5) is 0 Å². The fraction of sp³-hybridized carbons (Fsp3) is 0.467. The predicted octanol–water partition coefficient (Wildman–Crippen LogP) is 2.53. The largest absolute Gasteiger partial charge is 0.317 e. The minimum absolute atomic E-state index is 0.133. The highest BCUT2D eigenvalue weighted by Gasteiger charge is 2.21. The molecule has 0 saturated carbocycles. The summed E-state index contributed by atoms with van der Waals surface area (Å²) in [4.78, 5) is 0.333. The molecule has 0 atom stereocenters. The molecule has 0 aliphatic rings. The Morgan fingerprint density at radius 1 is 1.14 bits per heavy atom. The Bertz CT molecular complexity index is 761. The van der Waals surface area contributed by atoms with Crippen molar-refractivity contribution in [2.75, 3.05) is 0 Å². The maximum absolute atomic E-state index is 12.5. The molecule has 0 radical (unpaired) electrons. The first kappa shape index (κ1) is 15.7. The lowest BCUT2D eigenvalue weighted by Gasteiger charge is -2.08. The van der Waals surface area contributed by atoms with Crippen LogP contribution in [0.2, 0.25) is 0 Å². The van der Waals surface area contributed by atoms with Crippen molar-refractivity contribution in [2.45, 2.75) is 44.3 Å². The summed E-state index contributed by atoms with van der Waals surface area (Å²) in [5.74, 6) is 1.34. The third-order valence-electron chi connectivity index (χ3n) is 3.67. The molecule has 0 saturated heterocycles. The van der Waals surface area contributed by atoms with Gasteiger partial charge < -0.3 is 4.57 Å². The number of rotatable bonds is 4. The molecule has 2 rings (SSSR count). The van der Waals surface area contributed by atoms with E-state index in [1.54, 1.807) is 23.7 Å². The zero-order chi connectivity index (χ0) is 15.8. The normalized spacial score (nSPS) is 12.1. The first-order valence-corrected chi connectivity index (χ1v) is 8.56. The maximum atomic E-state index is 12.5. The average molecular weight is 307 g/mol. The van der Waals surface area contributed by atoms with Crippen molar-refractivity contribution < 1.29 is 8.42 Å². The van der Waals surface area contributed by atoms with Crippen LogP contribution in [0.25, 0.3) is 0 Å². The summed E-state index contributed by atoms with van der Waals surface area (Å²) in [6.45, 7) is 7.88. The van der Waals surface area contributed by atoms with Gasteiger partial charge in [-0.15, -0.1) is 10.2 Å². The molecular weight excluding hydrogens is 286 g/mol. The molecule has 0 aliphatic carbocycles. The third-order valence-corrected chi connectivity index (χ3v) is 5.28. The molecule has 1 aromatic heterocycles. The summed E-state index contributed by atoms with van der Waals surface area (Å²) in [7, 11) is -1.60. The van der Waals surface area contributed by atoms with Crippen LogP contribution in [-0.2, 0) is 22.6 Å². The van der Waals surface area contributed by atoms with Gasteiger partial charge >= 0.3 is 0 Å². The molecule has 0 amide bonds. The van der Waals surface area contributed by atoms with Gasteiger partial charge in [-0.05, 0) is 37.1 Å². The van der Waals surface area contributed by atoms with Gasteiger partial charge in [0, 0.05) is 13.0 Å². The first-order chi connectivity index (χ1) is 9.72. The lowest BCUT2D eigenvalue weighted by molar-refractivity contribution is 0.591. The van der Waals surface area contributed by atoms with E-state index >= 15 is 0 Å². The van der Waals surface area contributed by atoms with Crippen LogP contribution >= 0.6 is 0 Å². The van der Waals surface area contributed by atoms with E-state index in [4.69, 9.17) is 0 Å². The first-order valence-electron chi connectivity index (χ1n) is 6.90.